The van der Waals surface area contributed by atoms with Gasteiger partial charge in [0, 0.05) is 16.3 Å². The van der Waals surface area contributed by atoms with E-state index < -0.39 is 0 Å². The molecule has 4 unspecified atom stereocenters. The first-order valence-corrected chi connectivity index (χ1v) is 13.3. The summed E-state index contributed by atoms with van der Waals surface area (Å²) in [4.78, 5) is 0. The normalized spacial score (nSPS) is 20.8. The number of rotatable bonds is 12. The molecule has 4 atom stereocenters. The predicted octanol–water partition coefficient (Wildman–Crippen LogP) is 8.10. The number of phenolic OH excluding ortho intramolecular Hbond substituents is 1. The van der Waals surface area contributed by atoms with E-state index in [4.69, 9.17) is 4.74 Å². The predicted molar refractivity (Wildman–Crippen MR) is 139 cm³/mol. The summed E-state index contributed by atoms with van der Waals surface area (Å²) in [5, 5.41) is 22.0. The molecule has 0 fully saturated rings. The minimum absolute atomic E-state index is 0.128. The molecule has 3 rings (SSSR count). The van der Waals surface area contributed by atoms with Crippen molar-refractivity contribution in [2.24, 2.45) is 11.8 Å². The lowest BCUT2D eigenvalue weighted by Gasteiger charge is -2.37. The molecule has 0 aromatic heterocycles. The topological polar surface area (TPSA) is 49.7 Å². The highest BCUT2D eigenvalue weighted by atomic mass is 16.5. The van der Waals surface area contributed by atoms with Crippen molar-refractivity contribution in [2.75, 3.05) is 0 Å². The molecule has 0 radical (unpaired) electrons. The molecule has 184 valence electrons. The van der Waals surface area contributed by atoms with Crippen molar-refractivity contribution in [1.82, 2.24) is 0 Å². The molecule has 0 saturated carbocycles. The zero-order valence-electron chi connectivity index (χ0n) is 21.6. The van der Waals surface area contributed by atoms with Crippen LogP contribution in [0.3, 0.4) is 0 Å². The van der Waals surface area contributed by atoms with Gasteiger partial charge in [-0.05, 0) is 70.3 Å². The minimum atomic E-state index is -0.157. The fourth-order valence-corrected chi connectivity index (χ4v) is 5.54. The molecule has 33 heavy (non-hydrogen) atoms. The summed E-state index contributed by atoms with van der Waals surface area (Å²) < 4.78 is 6.69. The van der Waals surface area contributed by atoms with Gasteiger partial charge in [0.15, 0.2) is 0 Å². The van der Waals surface area contributed by atoms with Crippen LogP contribution in [0.15, 0.2) is 24.3 Å². The van der Waals surface area contributed by atoms with Crippen molar-refractivity contribution in [3.63, 3.8) is 0 Å². The summed E-state index contributed by atoms with van der Waals surface area (Å²) >= 11 is 0. The maximum absolute atomic E-state index is 10.7. The summed E-state index contributed by atoms with van der Waals surface area (Å²) in [6.07, 6.45) is 12.6. The molecular formula is C30H46O3. The van der Waals surface area contributed by atoms with Crippen molar-refractivity contribution >= 4 is 10.8 Å². The lowest BCUT2D eigenvalue weighted by Crippen LogP contribution is -2.36. The van der Waals surface area contributed by atoms with Crippen molar-refractivity contribution in [2.45, 2.75) is 117 Å². The van der Waals surface area contributed by atoms with E-state index in [1.165, 1.54) is 44.1 Å². The Morgan fingerprint density at radius 2 is 1.48 bits per heavy atom. The second-order valence-electron chi connectivity index (χ2n) is 11.2. The Bertz CT molecular complexity index is 903. The molecule has 0 spiro atoms. The summed E-state index contributed by atoms with van der Waals surface area (Å²) in [6.45, 7) is 10.9. The molecule has 2 aromatic rings. The molecule has 2 N–H and O–H groups in total. The third-order valence-corrected chi connectivity index (χ3v) is 7.88. The van der Waals surface area contributed by atoms with Crippen LogP contribution in [0.4, 0.5) is 0 Å². The van der Waals surface area contributed by atoms with Crippen molar-refractivity contribution in [1.29, 1.82) is 0 Å². The number of aliphatic hydroxyl groups is 1. The fourth-order valence-electron chi connectivity index (χ4n) is 5.54. The average Bonchev–Trinajstić information content (AvgIpc) is 2.77. The molecule has 3 heteroatoms. The third-order valence-electron chi connectivity index (χ3n) is 7.88. The highest BCUT2D eigenvalue weighted by molar-refractivity contribution is 5.95. The van der Waals surface area contributed by atoms with Gasteiger partial charge in [0.1, 0.15) is 17.1 Å². The maximum atomic E-state index is 10.7. The quantitative estimate of drug-likeness (QED) is 0.340. The van der Waals surface area contributed by atoms with E-state index >= 15 is 0 Å². The van der Waals surface area contributed by atoms with E-state index in [1.807, 2.05) is 32.0 Å². The zero-order valence-corrected chi connectivity index (χ0v) is 21.6. The first kappa shape index (κ1) is 25.9. The van der Waals surface area contributed by atoms with E-state index in [9.17, 15) is 10.2 Å². The van der Waals surface area contributed by atoms with Gasteiger partial charge in [-0.1, -0.05) is 76.6 Å². The summed E-state index contributed by atoms with van der Waals surface area (Å²) in [5.41, 5.74) is 2.02. The van der Waals surface area contributed by atoms with Crippen LogP contribution < -0.4 is 4.74 Å². The van der Waals surface area contributed by atoms with E-state index in [1.54, 1.807) is 0 Å². The Morgan fingerprint density at radius 3 is 2.12 bits per heavy atom. The molecule has 3 nitrogen and oxygen atoms in total. The first-order valence-electron chi connectivity index (χ1n) is 13.3. The maximum Gasteiger partial charge on any atom is 0.131 e. The number of phenols is 1. The average molecular weight is 455 g/mol. The molecule has 2 aromatic carbocycles. The lowest BCUT2D eigenvalue weighted by molar-refractivity contribution is 0.0540. The van der Waals surface area contributed by atoms with Gasteiger partial charge in [0.2, 0.25) is 0 Å². The number of hydrogen-bond donors (Lipinski definition) is 2. The van der Waals surface area contributed by atoms with Gasteiger partial charge in [-0.3, -0.25) is 0 Å². The van der Waals surface area contributed by atoms with Crippen LogP contribution in [0.1, 0.15) is 103 Å². The van der Waals surface area contributed by atoms with Crippen LogP contribution in [-0.2, 0) is 6.42 Å². The number of fused-ring (bicyclic) bond motifs is 3. The molecule has 1 aliphatic heterocycles. The van der Waals surface area contributed by atoms with Crippen molar-refractivity contribution in [3.05, 3.63) is 35.4 Å². The lowest BCUT2D eigenvalue weighted by atomic mass is 9.84. The van der Waals surface area contributed by atoms with Gasteiger partial charge in [0.25, 0.3) is 0 Å². The molecule has 0 amide bonds. The molecular weight excluding hydrogens is 408 g/mol. The SMILES string of the molecule is Cc1c2c(c3ccccc3c1O)OC(C)(CCCC(C)CCCC(C)CCCC(C)O)CC2. The summed E-state index contributed by atoms with van der Waals surface area (Å²) in [7, 11) is 0. The van der Waals surface area contributed by atoms with Crippen LogP contribution in [0.5, 0.6) is 11.5 Å². The zero-order chi connectivity index (χ0) is 24.0. The number of hydrogen-bond acceptors (Lipinski definition) is 3. The van der Waals surface area contributed by atoms with E-state index in [0.717, 1.165) is 66.0 Å². The monoisotopic (exact) mass is 454 g/mol. The highest BCUT2D eigenvalue weighted by Gasteiger charge is 2.34. The third kappa shape index (κ3) is 6.88. The Labute approximate surface area is 201 Å². The molecule has 1 heterocycles. The number of aromatic hydroxyl groups is 1. The molecule has 0 aliphatic carbocycles. The Hall–Kier alpha value is -1.74. The summed E-state index contributed by atoms with van der Waals surface area (Å²) in [6, 6.07) is 8.07. The van der Waals surface area contributed by atoms with Crippen LogP contribution in [-0.4, -0.2) is 21.9 Å². The smallest absolute Gasteiger partial charge is 0.131 e. The van der Waals surface area contributed by atoms with Crippen molar-refractivity contribution in [3.8, 4) is 11.5 Å². The van der Waals surface area contributed by atoms with E-state index in [-0.39, 0.29) is 11.7 Å². The van der Waals surface area contributed by atoms with E-state index in [2.05, 4.69) is 26.8 Å². The second-order valence-corrected chi connectivity index (χ2v) is 11.2. The first-order chi connectivity index (χ1) is 15.7. The van der Waals surface area contributed by atoms with Crippen LogP contribution in [0, 0.1) is 18.8 Å². The standard InChI is InChI=1S/C30H46O3/c1-21(13-9-15-23(3)31)11-8-12-22(2)14-10-19-30(5)20-18-25-24(4)28(32)26-16-6-7-17-27(26)29(25)33-30/h6-7,16-17,21-23,31-32H,8-15,18-20H2,1-5H3. The van der Waals surface area contributed by atoms with Crippen molar-refractivity contribution < 1.29 is 14.9 Å². The number of aliphatic hydroxyl groups excluding tert-OH is 1. The number of ether oxygens (including phenoxy) is 1. The Kier molecular flexibility index (Phi) is 9.09. The van der Waals surface area contributed by atoms with Gasteiger partial charge in [-0.2, -0.15) is 0 Å². The number of benzene rings is 2. The van der Waals surface area contributed by atoms with Gasteiger partial charge >= 0.3 is 0 Å². The van der Waals surface area contributed by atoms with Crippen LogP contribution in [0.2, 0.25) is 0 Å². The molecule has 0 bridgehead atoms. The van der Waals surface area contributed by atoms with E-state index in [0.29, 0.717) is 5.75 Å². The fraction of sp³-hybridized carbons (Fsp3) is 0.667. The summed E-state index contributed by atoms with van der Waals surface area (Å²) in [5.74, 6) is 2.92. The van der Waals surface area contributed by atoms with Gasteiger partial charge in [-0.15, -0.1) is 0 Å². The van der Waals surface area contributed by atoms with Gasteiger partial charge in [-0.25, -0.2) is 0 Å². The van der Waals surface area contributed by atoms with Crippen LogP contribution in [0.25, 0.3) is 10.8 Å². The molecule has 1 aliphatic rings. The Balaban J connectivity index is 1.46. The molecule has 0 saturated heterocycles. The Morgan fingerprint density at radius 1 is 0.909 bits per heavy atom. The largest absolute Gasteiger partial charge is 0.507 e. The van der Waals surface area contributed by atoms with Gasteiger partial charge in [0.05, 0.1) is 6.10 Å². The van der Waals surface area contributed by atoms with Gasteiger partial charge < -0.3 is 14.9 Å². The second kappa shape index (κ2) is 11.6. The van der Waals surface area contributed by atoms with Crippen LogP contribution >= 0.6 is 0 Å². The minimum Gasteiger partial charge on any atom is -0.507 e. The highest BCUT2D eigenvalue weighted by Crippen LogP contribution is 2.46.